The number of carbonyl (C=O) groups excluding carboxylic acids is 2. The Morgan fingerprint density at radius 2 is 1.95 bits per heavy atom. The van der Waals surface area contributed by atoms with Crippen molar-refractivity contribution in [3.63, 3.8) is 0 Å². The van der Waals surface area contributed by atoms with E-state index in [4.69, 9.17) is 0 Å². The van der Waals surface area contributed by atoms with E-state index in [1.54, 1.807) is 19.9 Å². The van der Waals surface area contributed by atoms with Crippen LogP contribution in [0.1, 0.15) is 33.1 Å². The summed E-state index contributed by atoms with van der Waals surface area (Å²) in [5, 5.41) is 21.0. The minimum Gasteiger partial charge on any atom is -0.386 e. The van der Waals surface area contributed by atoms with Crippen LogP contribution in [0.15, 0.2) is 23.8 Å². The number of fused-ring (bicyclic) bond motifs is 1. The Morgan fingerprint density at radius 1 is 1.32 bits per heavy atom. The van der Waals surface area contributed by atoms with Crippen LogP contribution in [-0.4, -0.2) is 34.0 Å². The van der Waals surface area contributed by atoms with Crippen molar-refractivity contribution in [1.29, 1.82) is 0 Å². The van der Waals surface area contributed by atoms with Crippen LogP contribution in [0, 0.1) is 11.3 Å². The Balaban J connectivity index is 2.57. The molecule has 4 atom stereocenters. The number of aliphatic hydroxyl groups is 2. The van der Waals surface area contributed by atoms with Gasteiger partial charge in [-0.05, 0) is 37.7 Å². The van der Waals surface area contributed by atoms with Crippen molar-refractivity contribution in [2.24, 2.45) is 11.3 Å². The van der Waals surface area contributed by atoms with E-state index in [1.165, 1.54) is 0 Å². The fraction of sp³-hybridized carbons (Fsp3) is 0.600. The Bertz CT molecular complexity index is 477. The van der Waals surface area contributed by atoms with Gasteiger partial charge in [0, 0.05) is 11.0 Å². The highest BCUT2D eigenvalue weighted by Gasteiger charge is 2.60. The van der Waals surface area contributed by atoms with Crippen LogP contribution in [0.5, 0.6) is 0 Å². The van der Waals surface area contributed by atoms with Gasteiger partial charge in [0.15, 0.2) is 11.9 Å². The van der Waals surface area contributed by atoms with Gasteiger partial charge >= 0.3 is 0 Å². The average Bonchev–Trinajstić information content (AvgIpc) is 2.37. The van der Waals surface area contributed by atoms with Crippen molar-refractivity contribution < 1.29 is 19.8 Å². The number of carbonyl (C=O) groups is 2. The summed E-state index contributed by atoms with van der Waals surface area (Å²) in [6, 6.07) is 0. The molecular formula is C15H20O4. The normalized spacial score (nSPS) is 46.2. The summed E-state index contributed by atoms with van der Waals surface area (Å²) in [6.45, 7) is 7.45. The third-order valence-electron chi connectivity index (χ3n) is 5.19. The molecule has 0 spiro atoms. The first-order valence-corrected chi connectivity index (χ1v) is 6.49. The van der Waals surface area contributed by atoms with Crippen molar-refractivity contribution in [2.45, 2.75) is 44.3 Å². The smallest absolute Gasteiger partial charge is 0.156 e. The van der Waals surface area contributed by atoms with E-state index in [1.807, 2.05) is 0 Å². The SMILES string of the molecule is C=C1[C@@H]2CC=C(C=O)[C@](O)(C=O)[C@@]2(C)CC[C@@]1(C)O. The number of hydrogen-bond donors (Lipinski definition) is 2. The minimum atomic E-state index is -1.79. The first-order chi connectivity index (χ1) is 8.73. The van der Waals surface area contributed by atoms with Crippen LogP contribution in [0.3, 0.4) is 0 Å². The lowest BCUT2D eigenvalue weighted by atomic mass is 9.50. The van der Waals surface area contributed by atoms with E-state index in [2.05, 4.69) is 6.58 Å². The summed E-state index contributed by atoms with van der Waals surface area (Å²) >= 11 is 0. The highest BCUT2D eigenvalue weighted by molar-refractivity contribution is 5.88. The van der Waals surface area contributed by atoms with Crippen LogP contribution < -0.4 is 0 Å². The van der Waals surface area contributed by atoms with Gasteiger partial charge in [0.05, 0.1) is 5.60 Å². The molecule has 0 saturated heterocycles. The molecule has 4 nitrogen and oxygen atoms in total. The zero-order valence-corrected chi connectivity index (χ0v) is 11.3. The number of rotatable bonds is 2. The molecule has 0 amide bonds. The van der Waals surface area contributed by atoms with Gasteiger partial charge < -0.3 is 10.2 Å². The molecule has 0 bridgehead atoms. The van der Waals surface area contributed by atoms with E-state index in [0.29, 0.717) is 37.4 Å². The van der Waals surface area contributed by atoms with Gasteiger partial charge in [0.25, 0.3) is 0 Å². The monoisotopic (exact) mass is 264 g/mol. The van der Waals surface area contributed by atoms with Crippen molar-refractivity contribution in [3.05, 3.63) is 23.8 Å². The second kappa shape index (κ2) is 4.12. The van der Waals surface area contributed by atoms with Gasteiger partial charge in [-0.1, -0.05) is 19.6 Å². The molecular weight excluding hydrogens is 244 g/mol. The highest BCUT2D eigenvalue weighted by atomic mass is 16.3. The fourth-order valence-electron chi connectivity index (χ4n) is 3.53. The van der Waals surface area contributed by atoms with Gasteiger partial charge in [-0.15, -0.1) is 0 Å². The molecule has 0 aromatic heterocycles. The van der Waals surface area contributed by atoms with Crippen LogP contribution in [-0.2, 0) is 9.59 Å². The van der Waals surface area contributed by atoms with E-state index >= 15 is 0 Å². The third-order valence-corrected chi connectivity index (χ3v) is 5.19. The summed E-state index contributed by atoms with van der Waals surface area (Å²) in [6.07, 6.45) is 3.97. The number of allylic oxidation sites excluding steroid dienone is 1. The first kappa shape index (κ1) is 14.2. The van der Waals surface area contributed by atoms with Crippen LogP contribution >= 0.6 is 0 Å². The molecule has 0 heterocycles. The van der Waals surface area contributed by atoms with Crippen molar-refractivity contribution >= 4 is 12.6 Å². The van der Waals surface area contributed by atoms with Gasteiger partial charge in [0.1, 0.15) is 6.29 Å². The molecule has 2 N–H and O–H groups in total. The molecule has 1 fully saturated rings. The Labute approximate surface area is 112 Å². The van der Waals surface area contributed by atoms with Gasteiger partial charge in [-0.3, -0.25) is 9.59 Å². The maximum atomic E-state index is 11.4. The topological polar surface area (TPSA) is 74.6 Å². The van der Waals surface area contributed by atoms with Crippen molar-refractivity contribution in [2.75, 3.05) is 0 Å². The Kier molecular flexibility index (Phi) is 3.07. The number of hydrogen-bond acceptors (Lipinski definition) is 4. The Hall–Kier alpha value is -1.26. The molecule has 2 rings (SSSR count). The summed E-state index contributed by atoms with van der Waals surface area (Å²) in [5.41, 5.74) is -2.82. The van der Waals surface area contributed by atoms with Crippen LogP contribution in [0.25, 0.3) is 0 Å². The van der Waals surface area contributed by atoms with E-state index < -0.39 is 16.6 Å². The lowest BCUT2D eigenvalue weighted by Crippen LogP contribution is -2.60. The molecule has 104 valence electrons. The molecule has 0 radical (unpaired) electrons. The van der Waals surface area contributed by atoms with E-state index in [-0.39, 0.29) is 11.5 Å². The molecule has 19 heavy (non-hydrogen) atoms. The molecule has 0 aliphatic heterocycles. The van der Waals surface area contributed by atoms with Crippen molar-refractivity contribution in [3.8, 4) is 0 Å². The molecule has 2 aliphatic rings. The van der Waals surface area contributed by atoms with Gasteiger partial charge in [0.2, 0.25) is 0 Å². The fourth-order valence-corrected chi connectivity index (χ4v) is 3.53. The molecule has 0 unspecified atom stereocenters. The molecule has 4 heteroatoms. The van der Waals surface area contributed by atoms with E-state index in [0.717, 1.165) is 0 Å². The average molecular weight is 264 g/mol. The summed E-state index contributed by atoms with van der Waals surface area (Å²) in [4.78, 5) is 22.5. The second-order valence-electron chi connectivity index (χ2n) is 6.17. The zero-order chi connectivity index (χ0) is 14.5. The summed E-state index contributed by atoms with van der Waals surface area (Å²) < 4.78 is 0. The predicted molar refractivity (Wildman–Crippen MR) is 70.4 cm³/mol. The lowest BCUT2D eigenvalue weighted by Gasteiger charge is -2.56. The van der Waals surface area contributed by atoms with Gasteiger partial charge in [-0.2, -0.15) is 0 Å². The zero-order valence-electron chi connectivity index (χ0n) is 11.3. The number of aldehydes is 2. The van der Waals surface area contributed by atoms with Crippen LogP contribution in [0.2, 0.25) is 0 Å². The standard InChI is InChI=1S/C15H20O4/c1-10-12-5-4-11(8-16)15(19,9-17)13(12,2)6-7-14(10,3)18/h4,8-9,12,18-19H,1,5-7H2,2-3H3/t12-,13-,14+,15+/m0/s1. The first-order valence-electron chi connectivity index (χ1n) is 6.49. The minimum absolute atomic E-state index is 0.121. The summed E-state index contributed by atoms with van der Waals surface area (Å²) in [7, 11) is 0. The largest absolute Gasteiger partial charge is 0.386 e. The Morgan fingerprint density at radius 3 is 2.47 bits per heavy atom. The van der Waals surface area contributed by atoms with Gasteiger partial charge in [-0.25, -0.2) is 0 Å². The molecule has 2 aliphatic carbocycles. The third kappa shape index (κ3) is 1.66. The van der Waals surface area contributed by atoms with Crippen LogP contribution in [0.4, 0.5) is 0 Å². The molecule has 1 saturated carbocycles. The molecule has 0 aromatic carbocycles. The predicted octanol–water partition coefficient (Wildman–Crippen LogP) is 1.17. The maximum absolute atomic E-state index is 11.4. The quantitative estimate of drug-likeness (QED) is 0.580. The second-order valence-corrected chi connectivity index (χ2v) is 6.17. The lowest BCUT2D eigenvalue weighted by molar-refractivity contribution is -0.148. The highest BCUT2D eigenvalue weighted by Crippen LogP contribution is 2.57. The van der Waals surface area contributed by atoms with E-state index in [9.17, 15) is 19.8 Å². The molecule has 0 aromatic rings. The van der Waals surface area contributed by atoms with Crippen molar-refractivity contribution in [1.82, 2.24) is 0 Å². The maximum Gasteiger partial charge on any atom is 0.156 e. The summed E-state index contributed by atoms with van der Waals surface area (Å²) in [5.74, 6) is -0.213.